The molecule has 3 aromatic rings. The number of para-hydroxylation sites is 1. The first-order chi connectivity index (χ1) is 9.58. The minimum atomic E-state index is -0.492. The van der Waals surface area contributed by atoms with Crippen molar-refractivity contribution in [2.45, 2.75) is 6.54 Å². The molecule has 6 heteroatoms. The van der Waals surface area contributed by atoms with Crippen LogP contribution in [0, 0.1) is 0 Å². The second-order valence-corrected chi connectivity index (χ2v) is 5.16. The molecule has 102 valence electrons. The molecule has 20 heavy (non-hydrogen) atoms. The van der Waals surface area contributed by atoms with Gasteiger partial charge in [-0.25, -0.2) is 4.79 Å². The summed E-state index contributed by atoms with van der Waals surface area (Å²) in [4.78, 5) is 12.0. The summed E-state index contributed by atoms with van der Waals surface area (Å²) in [7, 11) is 0. The van der Waals surface area contributed by atoms with Crippen LogP contribution in [-0.2, 0) is 6.54 Å². The van der Waals surface area contributed by atoms with E-state index in [2.05, 4.69) is 0 Å². The van der Waals surface area contributed by atoms with Gasteiger partial charge in [-0.1, -0.05) is 35.3 Å². The summed E-state index contributed by atoms with van der Waals surface area (Å²) in [5.41, 5.74) is 8.03. The zero-order valence-electron chi connectivity index (χ0n) is 10.3. The van der Waals surface area contributed by atoms with E-state index < -0.39 is 5.76 Å². The van der Waals surface area contributed by atoms with E-state index in [0.29, 0.717) is 32.4 Å². The van der Waals surface area contributed by atoms with Gasteiger partial charge in [0.2, 0.25) is 0 Å². The third-order valence-electron chi connectivity index (χ3n) is 3.10. The van der Waals surface area contributed by atoms with Gasteiger partial charge in [0, 0.05) is 15.6 Å². The number of halogens is 2. The molecule has 0 aliphatic heterocycles. The molecule has 0 fully saturated rings. The van der Waals surface area contributed by atoms with E-state index in [9.17, 15) is 4.79 Å². The standard InChI is InChI=1S/C14H10Cl2N2O2/c15-9-3-1-4-10(16)8(9)7-18-13-11(17)5-2-6-12(13)20-14(18)19/h1-6H,7,17H2. The summed E-state index contributed by atoms with van der Waals surface area (Å²) in [6, 6.07) is 10.3. The first kappa shape index (κ1) is 13.1. The number of rotatable bonds is 2. The maximum absolute atomic E-state index is 12.0. The molecule has 0 radical (unpaired) electrons. The van der Waals surface area contributed by atoms with Crippen LogP contribution in [0.1, 0.15) is 5.56 Å². The van der Waals surface area contributed by atoms with Crippen LogP contribution in [0.25, 0.3) is 11.1 Å². The second kappa shape index (κ2) is 4.89. The number of fused-ring (bicyclic) bond motifs is 1. The number of nitrogens with zero attached hydrogens (tertiary/aromatic N) is 1. The Balaban J connectivity index is 2.21. The Kier molecular flexibility index (Phi) is 3.20. The average Bonchev–Trinajstić information content (AvgIpc) is 2.71. The summed E-state index contributed by atoms with van der Waals surface area (Å²) in [5, 5.41) is 0.988. The monoisotopic (exact) mass is 308 g/mol. The molecule has 2 aromatic carbocycles. The summed E-state index contributed by atoms with van der Waals surface area (Å²) in [5.74, 6) is -0.492. The van der Waals surface area contributed by atoms with Crippen molar-refractivity contribution in [2.24, 2.45) is 0 Å². The number of nitrogen functional groups attached to an aromatic ring is 1. The molecule has 0 saturated heterocycles. The van der Waals surface area contributed by atoms with Gasteiger partial charge in [0.05, 0.1) is 12.2 Å². The average molecular weight is 309 g/mol. The molecular weight excluding hydrogens is 299 g/mol. The molecule has 4 nitrogen and oxygen atoms in total. The van der Waals surface area contributed by atoms with E-state index in [4.69, 9.17) is 33.4 Å². The fourth-order valence-corrected chi connectivity index (χ4v) is 2.65. The van der Waals surface area contributed by atoms with Crippen molar-refractivity contribution < 1.29 is 4.42 Å². The lowest BCUT2D eigenvalue weighted by molar-refractivity contribution is 0.518. The van der Waals surface area contributed by atoms with E-state index in [1.165, 1.54) is 4.57 Å². The molecule has 0 spiro atoms. The molecule has 0 unspecified atom stereocenters. The van der Waals surface area contributed by atoms with Gasteiger partial charge in [-0.05, 0) is 24.3 Å². The molecule has 0 saturated carbocycles. The van der Waals surface area contributed by atoms with Crippen LogP contribution >= 0.6 is 23.2 Å². The Labute approximate surface area is 124 Å². The maximum atomic E-state index is 12.0. The molecule has 1 heterocycles. The van der Waals surface area contributed by atoms with Crippen LogP contribution in [-0.4, -0.2) is 4.57 Å². The SMILES string of the molecule is Nc1cccc2oc(=O)n(Cc3c(Cl)cccc3Cl)c12. The van der Waals surface area contributed by atoms with Crippen molar-refractivity contribution in [3.8, 4) is 0 Å². The van der Waals surface area contributed by atoms with E-state index >= 15 is 0 Å². The highest BCUT2D eigenvalue weighted by atomic mass is 35.5. The predicted molar refractivity (Wildman–Crippen MR) is 80.5 cm³/mol. The van der Waals surface area contributed by atoms with Crippen LogP contribution in [0.4, 0.5) is 5.69 Å². The number of nitrogens with two attached hydrogens (primary N) is 1. The minimum Gasteiger partial charge on any atom is -0.408 e. The molecule has 0 aliphatic rings. The van der Waals surface area contributed by atoms with Crippen molar-refractivity contribution in [2.75, 3.05) is 5.73 Å². The highest BCUT2D eigenvalue weighted by Gasteiger charge is 2.14. The topological polar surface area (TPSA) is 61.2 Å². The number of aromatic nitrogens is 1. The van der Waals surface area contributed by atoms with Gasteiger partial charge in [0.15, 0.2) is 5.58 Å². The fourth-order valence-electron chi connectivity index (χ4n) is 2.14. The maximum Gasteiger partial charge on any atom is 0.420 e. The number of hydrogen-bond acceptors (Lipinski definition) is 3. The Hall–Kier alpha value is -1.91. The zero-order valence-corrected chi connectivity index (χ0v) is 11.8. The third-order valence-corrected chi connectivity index (χ3v) is 3.80. The number of anilines is 1. The van der Waals surface area contributed by atoms with Gasteiger partial charge in [-0.3, -0.25) is 4.57 Å². The van der Waals surface area contributed by atoms with E-state index in [0.717, 1.165) is 0 Å². The smallest absolute Gasteiger partial charge is 0.408 e. The lowest BCUT2D eigenvalue weighted by atomic mass is 10.2. The molecule has 2 N–H and O–H groups in total. The van der Waals surface area contributed by atoms with E-state index in [1.807, 2.05) is 0 Å². The number of hydrogen-bond donors (Lipinski definition) is 1. The summed E-state index contributed by atoms with van der Waals surface area (Å²) >= 11 is 12.3. The van der Waals surface area contributed by atoms with Crippen molar-refractivity contribution in [1.29, 1.82) is 0 Å². The van der Waals surface area contributed by atoms with Crippen molar-refractivity contribution >= 4 is 40.0 Å². The Morgan fingerprint density at radius 3 is 2.45 bits per heavy atom. The van der Waals surface area contributed by atoms with Gasteiger partial charge in [0.25, 0.3) is 0 Å². The summed E-state index contributed by atoms with van der Waals surface area (Å²) < 4.78 is 6.60. The van der Waals surface area contributed by atoms with Gasteiger partial charge in [-0.2, -0.15) is 0 Å². The molecule has 0 atom stereocenters. The Morgan fingerprint density at radius 1 is 1.10 bits per heavy atom. The van der Waals surface area contributed by atoms with Gasteiger partial charge in [-0.15, -0.1) is 0 Å². The highest BCUT2D eigenvalue weighted by molar-refractivity contribution is 6.36. The molecule has 1 aromatic heterocycles. The molecule has 0 aliphatic carbocycles. The van der Waals surface area contributed by atoms with Gasteiger partial charge < -0.3 is 10.2 Å². The molecule has 0 amide bonds. The zero-order chi connectivity index (χ0) is 14.3. The lowest BCUT2D eigenvalue weighted by Gasteiger charge is -2.08. The minimum absolute atomic E-state index is 0.207. The number of oxazole rings is 1. The third kappa shape index (κ3) is 2.07. The van der Waals surface area contributed by atoms with Crippen LogP contribution in [0.5, 0.6) is 0 Å². The van der Waals surface area contributed by atoms with E-state index in [-0.39, 0.29) is 6.54 Å². The molecule has 0 bridgehead atoms. The summed E-state index contributed by atoms with van der Waals surface area (Å²) in [6.45, 7) is 0.207. The first-order valence-corrected chi connectivity index (χ1v) is 6.64. The van der Waals surface area contributed by atoms with Crippen LogP contribution < -0.4 is 11.5 Å². The fraction of sp³-hybridized carbons (Fsp3) is 0.0714. The van der Waals surface area contributed by atoms with Gasteiger partial charge >= 0.3 is 5.76 Å². The predicted octanol–water partition coefficient (Wildman–Crippen LogP) is 3.53. The molecular formula is C14H10Cl2N2O2. The largest absolute Gasteiger partial charge is 0.420 e. The van der Waals surface area contributed by atoms with Crippen LogP contribution in [0.2, 0.25) is 10.0 Å². The van der Waals surface area contributed by atoms with Crippen LogP contribution in [0.3, 0.4) is 0 Å². The normalized spacial score (nSPS) is 11.1. The lowest BCUT2D eigenvalue weighted by Crippen LogP contribution is -2.16. The second-order valence-electron chi connectivity index (χ2n) is 4.35. The Morgan fingerprint density at radius 2 is 1.75 bits per heavy atom. The number of benzene rings is 2. The van der Waals surface area contributed by atoms with Crippen molar-refractivity contribution in [3.05, 3.63) is 62.6 Å². The Bertz CT molecular complexity index is 832. The molecule has 3 rings (SSSR count). The van der Waals surface area contributed by atoms with Crippen LogP contribution in [0.15, 0.2) is 45.6 Å². The quantitative estimate of drug-likeness (QED) is 0.737. The van der Waals surface area contributed by atoms with Gasteiger partial charge in [0.1, 0.15) is 5.52 Å². The van der Waals surface area contributed by atoms with E-state index in [1.54, 1.807) is 36.4 Å². The first-order valence-electron chi connectivity index (χ1n) is 5.88. The van der Waals surface area contributed by atoms with Crippen molar-refractivity contribution in [3.63, 3.8) is 0 Å². The summed E-state index contributed by atoms with van der Waals surface area (Å²) in [6.07, 6.45) is 0. The highest BCUT2D eigenvalue weighted by Crippen LogP contribution is 2.27. The van der Waals surface area contributed by atoms with Crippen molar-refractivity contribution in [1.82, 2.24) is 4.57 Å².